The van der Waals surface area contributed by atoms with Crippen LogP contribution in [-0.4, -0.2) is 41.5 Å². The maximum Gasteiger partial charge on any atom is 0.211 e. The van der Waals surface area contributed by atoms with Crippen LogP contribution in [0.3, 0.4) is 0 Å². The second kappa shape index (κ2) is 10.2. The predicted octanol–water partition coefficient (Wildman–Crippen LogP) is 2.50. The van der Waals surface area contributed by atoms with Crippen molar-refractivity contribution in [3.63, 3.8) is 0 Å². The first-order valence-electron chi connectivity index (χ1n) is 9.36. The molecule has 0 aliphatic heterocycles. The number of rotatable bonds is 11. The molecule has 0 radical (unpaired) electrons. The Morgan fingerprint density at radius 1 is 0.897 bits per heavy atom. The summed E-state index contributed by atoms with van der Waals surface area (Å²) in [6, 6.07) is 15.1. The molecule has 0 spiro atoms. The van der Waals surface area contributed by atoms with E-state index in [1.807, 2.05) is 62.4 Å². The Labute approximate surface area is 173 Å². The summed E-state index contributed by atoms with van der Waals surface area (Å²) in [6.07, 6.45) is 1.40. The van der Waals surface area contributed by atoms with Crippen molar-refractivity contribution in [2.45, 2.75) is 32.9 Å². The highest BCUT2D eigenvalue weighted by Gasteiger charge is 2.12. The van der Waals surface area contributed by atoms with Crippen LogP contribution in [0.15, 0.2) is 48.5 Å². The Balaban J connectivity index is 1.92. The molecule has 0 aliphatic carbocycles. The van der Waals surface area contributed by atoms with Crippen LogP contribution in [-0.2, 0) is 26.6 Å². The molecule has 0 fully saturated rings. The van der Waals surface area contributed by atoms with E-state index in [1.165, 1.54) is 0 Å². The number of nitrogens with one attached hydrogen (secondary N) is 2. The molecule has 7 nitrogen and oxygen atoms in total. The molecular formula is C20H28N2O5S2. The van der Waals surface area contributed by atoms with E-state index in [0.717, 1.165) is 22.9 Å². The van der Waals surface area contributed by atoms with E-state index in [9.17, 15) is 16.8 Å². The van der Waals surface area contributed by atoms with E-state index >= 15 is 0 Å². The molecule has 2 aromatic rings. The third-order valence-electron chi connectivity index (χ3n) is 4.08. The van der Waals surface area contributed by atoms with E-state index < -0.39 is 20.0 Å². The number of benzene rings is 2. The fourth-order valence-electron chi connectivity index (χ4n) is 2.61. The number of ether oxygens (including phenoxy) is 1. The Morgan fingerprint density at radius 2 is 1.45 bits per heavy atom. The van der Waals surface area contributed by atoms with Gasteiger partial charge in [-0.2, -0.15) is 0 Å². The monoisotopic (exact) mass is 440 g/mol. The molecule has 0 saturated carbocycles. The van der Waals surface area contributed by atoms with Gasteiger partial charge in [-0.3, -0.25) is 0 Å². The highest BCUT2D eigenvalue weighted by Crippen LogP contribution is 2.23. The number of hydrogen-bond donors (Lipinski definition) is 2. The summed E-state index contributed by atoms with van der Waals surface area (Å²) < 4.78 is 56.5. The van der Waals surface area contributed by atoms with E-state index in [2.05, 4.69) is 9.44 Å². The largest absolute Gasteiger partial charge is 0.489 e. The molecule has 1 unspecified atom stereocenters. The third-order valence-corrected chi connectivity index (χ3v) is 6.30. The van der Waals surface area contributed by atoms with Gasteiger partial charge in [-0.1, -0.05) is 43.3 Å². The summed E-state index contributed by atoms with van der Waals surface area (Å²) in [7, 11) is -6.46. The third kappa shape index (κ3) is 8.53. The van der Waals surface area contributed by atoms with E-state index in [4.69, 9.17) is 4.74 Å². The second-order valence-electron chi connectivity index (χ2n) is 6.91. The first-order valence-corrected chi connectivity index (χ1v) is 12.9. The van der Waals surface area contributed by atoms with Gasteiger partial charge in [0.15, 0.2) is 0 Å². The van der Waals surface area contributed by atoms with Gasteiger partial charge in [-0.05, 0) is 42.2 Å². The zero-order chi connectivity index (χ0) is 21.5. The fraction of sp³-hybridized carbons (Fsp3) is 0.400. The molecule has 0 amide bonds. The van der Waals surface area contributed by atoms with Crippen molar-refractivity contribution >= 4 is 20.0 Å². The molecule has 1 atom stereocenters. The Kier molecular flexibility index (Phi) is 8.21. The fourth-order valence-corrected chi connectivity index (χ4v) is 4.21. The van der Waals surface area contributed by atoms with Crippen LogP contribution in [0.25, 0.3) is 11.1 Å². The van der Waals surface area contributed by atoms with Gasteiger partial charge in [0.25, 0.3) is 0 Å². The zero-order valence-corrected chi connectivity index (χ0v) is 18.5. The summed E-state index contributed by atoms with van der Waals surface area (Å²) in [5.74, 6) is 0.766. The van der Waals surface area contributed by atoms with Crippen LogP contribution in [0.4, 0.5) is 0 Å². The Morgan fingerprint density at radius 3 is 1.97 bits per heavy atom. The summed E-state index contributed by atoms with van der Waals surface area (Å²) in [4.78, 5) is 0. The molecule has 29 heavy (non-hydrogen) atoms. The van der Waals surface area contributed by atoms with Crippen LogP contribution < -0.4 is 14.2 Å². The van der Waals surface area contributed by atoms with Gasteiger partial charge in [0.05, 0.1) is 12.0 Å². The molecule has 2 aromatic carbocycles. The molecule has 0 heterocycles. The van der Waals surface area contributed by atoms with Gasteiger partial charge < -0.3 is 4.74 Å². The van der Waals surface area contributed by atoms with Gasteiger partial charge in [0.2, 0.25) is 20.0 Å². The first-order chi connectivity index (χ1) is 13.6. The Bertz CT molecular complexity index is 986. The number of sulfonamides is 2. The van der Waals surface area contributed by atoms with Gasteiger partial charge in [0, 0.05) is 13.1 Å². The minimum Gasteiger partial charge on any atom is -0.489 e. The lowest BCUT2D eigenvalue weighted by atomic mass is 10.0. The van der Waals surface area contributed by atoms with Crippen molar-refractivity contribution in [3.05, 3.63) is 54.1 Å². The van der Waals surface area contributed by atoms with Crippen molar-refractivity contribution in [2.24, 2.45) is 0 Å². The molecule has 2 N–H and O–H groups in total. The lowest BCUT2D eigenvalue weighted by Gasteiger charge is -2.16. The maximum atomic E-state index is 11.7. The van der Waals surface area contributed by atoms with Crippen LogP contribution in [0, 0.1) is 0 Å². The molecule has 9 heteroatoms. The van der Waals surface area contributed by atoms with Crippen LogP contribution in [0.5, 0.6) is 5.75 Å². The summed E-state index contributed by atoms with van der Waals surface area (Å²) in [5.41, 5.74) is 2.87. The van der Waals surface area contributed by atoms with Crippen molar-refractivity contribution in [1.29, 1.82) is 0 Å². The minimum absolute atomic E-state index is 0.109. The van der Waals surface area contributed by atoms with Crippen LogP contribution in [0.2, 0.25) is 0 Å². The highest BCUT2D eigenvalue weighted by atomic mass is 32.2. The van der Waals surface area contributed by atoms with E-state index in [0.29, 0.717) is 12.2 Å². The van der Waals surface area contributed by atoms with Gasteiger partial charge in [-0.15, -0.1) is 0 Å². The first kappa shape index (κ1) is 23.3. The quantitative estimate of drug-likeness (QED) is 0.559. The highest BCUT2D eigenvalue weighted by molar-refractivity contribution is 7.89. The summed E-state index contributed by atoms with van der Waals surface area (Å²) >= 11 is 0. The van der Waals surface area contributed by atoms with E-state index in [-0.39, 0.29) is 24.9 Å². The van der Waals surface area contributed by atoms with Gasteiger partial charge in [-0.25, -0.2) is 26.3 Å². The molecule has 0 aromatic heterocycles. The van der Waals surface area contributed by atoms with Crippen LogP contribution >= 0.6 is 0 Å². The molecule has 0 bridgehead atoms. The Hall–Kier alpha value is -1.94. The van der Waals surface area contributed by atoms with Crippen LogP contribution in [0.1, 0.15) is 25.8 Å². The average Bonchev–Trinajstić information content (AvgIpc) is 2.65. The second-order valence-corrected chi connectivity index (χ2v) is 10.7. The predicted molar refractivity (Wildman–Crippen MR) is 116 cm³/mol. The zero-order valence-electron chi connectivity index (χ0n) is 16.9. The van der Waals surface area contributed by atoms with Crippen molar-refractivity contribution < 1.29 is 21.6 Å². The van der Waals surface area contributed by atoms with Crippen molar-refractivity contribution in [3.8, 4) is 16.9 Å². The minimum atomic E-state index is -3.25. The standard InChI is InChI=1S/C20H28N2O5S2/c1-4-13-29(25,26)22-14-16(2)27-20-11-9-19(10-12-20)18-7-5-17(6-8-18)15-21-28(3,23)24/h5-12,16,21-22H,4,13-15H2,1-3H3. The van der Waals surface area contributed by atoms with Crippen molar-refractivity contribution in [1.82, 2.24) is 9.44 Å². The van der Waals surface area contributed by atoms with Gasteiger partial charge in [0.1, 0.15) is 11.9 Å². The lowest BCUT2D eigenvalue weighted by molar-refractivity contribution is 0.225. The molecule has 0 aliphatic rings. The summed E-state index contributed by atoms with van der Waals surface area (Å²) in [5, 5.41) is 0. The van der Waals surface area contributed by atoms with Crippen molar-refractivity contribution in [2.75, 3.05) is 18.6 Å². The number of hydrogen-bond acceptors (Lipinski definition) is 5. The molecular weight excluding hydrogens is 412 g/mol. The normalized spacial score (nSPS) is 13.2. The smallest absolute Gasteiger partial charge is 0.211 e. The molecule has 2 rings (SSSR count). The van der Waals surface area contributed by atoms with E-state index in [1.54, 1.807) is 0 Å². The lowest BCUT2D eigenvalue weighted by Crippen LogP contribution is -2.34. The van der Waals surface area contributed by atoms with Gasteiger partial charge >= 0.3 is 0 Å². The maximum absolute atomic E-state index is 11.7. The average molecular weight is 441 g/mol. The molecule has 0 saturated heterocycles. The topological polar surface area (TPSA) is 102 Å². The summed E-state index contributed by atoms with van der Waals surface area (Å²) in [6.45, 7) is 4.10. The SMILES string of the molecule is CCCS(=O)(=O)NCC(C)Oc1ccc(-c2ccc(CNS(C)(=O)=O)cc2)cc1. The molecule has 160 valence electrons.